The molecular formula is C17H15NO2. The minimum absolute atomic E-state index is 0.109. The van der Waals surface area contributed by atoms with E-state index in [0.717, 1.165) is 28.0 Å². The van der Waals surface area contributed by atoms with Crippen molar-refractivity contribution in [2.75, 3.05) is 6.61 Å². The summed E-state index contributed by atoms with van der Waals surface area (Å²) < 4.78 is 6.02. The van der Waals surface area contributed by atoms with E-state index in [1.165, 1.54) is 0 Å². The van der Waals surface area contributed by atoms with Gasteiger partial charge >= 0.3 is 0 Å². The van der Waals surface area contributed by atoms with E-state index in [0.29, 0.717) is 6.42 Å². The van der Waals surface area contributed by atoms with Gasteiger partial charge in [-0.25, -0.2) is 0 Å². The van der Waals surface area contributed by atoms with Gasteiger partial charge in [0.1, 0.15) is 11.5 Å². The normalized spacial score (nSPS) is 10.7. The Balaban J connectivity index is 2.01. The van der Waals surface area contributed by atoms with E-state index in [-0.39, 0.29) is 6.61 Å². The molecule has 0 radical (unpaired) electrons. The Kier molecular flexibility index (Phi) is 3.61. The van der Waals surface area contributed by atoms with E-state index < -0.39 is 0 Å². The molecule has 0 aliphatic heterocycles. The summed E-state index contributed by atoms with van der Waals surface area (Å²) in [6.07, 6.45) is 2.32. The van der Waals surface area contributed by atoms with Gasteiger partial charge in [0.05, 0.1) is 5.52 Å². The van der Waals surface area contributed by atoms with Crippen LogP contribution in [0.4, 0.5) is 0 Å². The Bertz CT molecular complexity index is 720. The first-order chi connectivity index (χ1) is 9.88. The van der Waals surface area contributed by atoms with Crippen molar-refractivity contribution in [1.29, 1.82) is 0 Å². The summed E-state index contributed by atoms with van der Waals surface area (Å²) in [5.74, 6) is 1.55. The number of benzene rings is 2. The van der Waals surface area contributed by atoms with Gasteiger partial charge in [0, 0.05) is 18.2 Å². The fourth-order valence-electron chi connectivity index (χ4n) is 2.21. The fraction of sp³-hybridized carbons (Fsp3) is 0.118. The van der Waals surface area contributed by atoms with Crippen LogP contribution in [-0.4, -0.2) is 16.7 Å². The Morgan fingerprint density at radius 3 is 2.60 bits per heavy atom. The standard InChI is InChI=1S/C17H15NO2/c19-12-10-13-5-1-4-8-16(13)20-17-9-11-18-15-7-3-2-6-14(15)17/h1-9,11,19H,10,12H2. The van der Waals surface area contributed by atoms with E-state index in [9.17, 15) is 0 Å². The molecule has 0 spiro atoms. The summed E-state index contributed by atoms with van der Waals surface area (Å²) in [7, 11) is 0. The van der Waals surface area contributed by atoms with Gasteiger partial charge < -0.3 is 9.84 Å². The van der Waals surface area contributed by atoms with Gasteiger partial charge in [0.2, 0.25) is 0 Å². The van der Waals surface area contributed by atoms with Crippen molar-refractivity contribution >= 4 is 10.9 Å². The summed E-state index contributed by atoms with van der Waals surface area (Å²) in [5, 5.41) is 10.1. The molecule has 0 saturated heterocycles. The average Bonchev–Trinajstić information content (AvgIpc) is 2.50. The molecule has 3 heteroatoms. The van der Waals surface area contributed by atoms with Crippen molar-refractivity contribution in [2.45, 2.75) is 6.42 Å². The highest BCUT2D eigenvalue weighted by atomic mass is 16.5. The number of rotatable bonds is 4. The van der Waals surface area contributed by atoms with Gasteiger partial charge in [0.15, 0.2) is 0 Å². The molecule has 2 aromatic carbocycles. The molecule has 20 heavy (non-hydrogen) atoms. The summed E-state index contributed by atoms with van der Waals surface area (Å²) in [4.78, 5) is 4.32. The average molecular weight is 265 g/mol. The lowest BCUT2D eigenvalue weighted by Gasteiger charge is -2.12. The van der Waals surface area contributed by atoms with Gasteiger partial charge in [0.25, 0.3) is 0 Å². The number of aliphatic hydroxyl groups is 1. The molecule has 1 aromatic heterocycles. The van der Waals surface area contributed by atoms with Crippen molar-refractivity contribution < 1.29 is 9.84 Å². The largest absolute Gasteiger partial charge is 0.456 e. The molecule has 1 N–H and O–H groups in total. The molecule has 3 aromatic rings. The number of aromatic nitrogens is 1. The van der Waals surface area contributed by atoms with Gasteiger partial charge in [-0.3, -0.25) is 4.98 Å². The Morgan fingerprint density at radius 1 is 0.900 bits per heavy atom. The van der Waals surface area contributed by atoms with Crippen LogP contribution in [0.25, 0.3) is 10.9 Å². The molecule has 0 bridgehead atoms. The lowest BCUT2D eigenvalue weighted by molar-refractivity contribution is 0.298. The minimum Gasteiger partial charge on any atom is -0.456 e. The SMILES string of the molecule is OCCc1ccccc1Oc1ccnc2ccccc12. The van der Waals surface area contributed by atoms with Gasteiger partial charge in [-0.1, -0.05) is 30.3 Å². The molecule has 3 rings (SSSR count). The molecule has 100 valence electrons. The molecule has 0 fully saturated rings. The van der Waals surface area contributed by atoms with Gasteiger partial charge in [-0.05, 0) is 36.2 Å². The fourth-order valence-corrected chi connectivity index (χ4v) is 2.21. The number of para-hydroxylation sites is 2. The quantitative estimate of drug-likeness (QED) is 0.784. The van der Waals surface area contributed by atoms with Crippen LogP contribution in [0.5, 0.6) is 11.5 Å². The van der Waals surface area contributed by atoms with Crippen molar-refractivity contribution in [3.63, 3.8) is 0 Å². The zero-order chi connectivity index (χ0) is 13.8. The summed E-state index contributed by atoms with van der Waals surface area (Å²) >= 11 is 0. The second kappa shape index (κ2) is 5.72. The second-order valence-corrected chi connectivity index (χ2v) is 4.51. The maximum Gasteiger partial charge on any atom is 0.138 e. The van der Waals surface area contributed by atoms with Crippen molar-refractivity contribution in [1.82, 2.24) is 4.98 Å². The van der Waals surface area contributed by atoms with E-state index >= 15 is 0 Å². The van der Waals surface area contributed by atoms with Crippen LogP contribution in [0, 0.1) is 0 Å². The minimum atomic E-state index is 0.109. The van der Waals surface area contributed by atoms with E-state index in [4.69, 9.17) is 9.84 Å². The zero-order valence-electron chi connectivity index (χ0n) is 11.0. The molecular weight excluding hydrogens is 250 g/mol. The van der Waals surface area contributed by atoms with Crippen LogP contribution in [-0.2, 0) is 6.42 Å². The van der Waals surface area contributed by atoms with Crippen LogP contribution >= 0.6 is 0 Å². The Labute approximate surface area is 117 Å². The van der Waals surface area contributed by atoms with Crippen molar-refractivity contribution in [3.05, 3.63) is 66.4 Å². The number of hydrogen-bond acceptors (Lipinski definition) is 3. The summed E-state index contributed by atoms with van der Waals surface area (Å²) in [6.45, 7) is 0.109. The van der Waals surface area contributed by atoms with E-state index in [2.05, 4.69) is 4.98 Å². The van der Waals surface area contributed by atoms with Crippen LogP contribution in [0.3, 0.4) is 0 Å². The molecule has 0 saturated carbocycles. The first-order valence-corrected chi connectivity index (χ1v) is 6.59. The third-order valence-corrected chi connectivity index (χ3v) is 3.18. The van der Waals surface area contributed by atoms with Gasteiger partial charge in [-0.2, -0.15) is 0 Å². The maximum atomic E-state index is 9.12. The van der Waals surface area contributed by atoms with Crippen LogP contribution < -0.4 is 4.74 Å². The third kappa shape index (κ3) is 2.49. The molecule has 3 nitrogen and oxygen atoms in total. The van der Waals surface area contributed by atoms with Gasteiger partial charge in [-0.15, -0.1) is 0 Å². The first kappa shape index (κ1) is 12.6. The maximum absolute atomic E-state index is 9.12. The van der Waals surface area contributed by atoms with Crippen molar-refractivity contribution in [2.24, 2.45) is 0 Å². The highest BCUT2D eigenvalue weighted by molar-refractivity contribution is 5.84. The molecule has 0 aliphatic carbocycles. The number of pyridine rings is 1. The van der Waals surface area contributed by atoms with Crippen LogP contribution in [0.1, 0.15) is 5.56 Å². The smallest absolute Gasteiger partial charge is 0.138 e. The van der Waals surface area contributed by atoms with Crippen LogP contribution in [0.15, 0.2) is 60.8 Å². The van der Waals surface area contributed by atoms with E-state index in [1.807, 2.05) is 54.6 Å². The number of nitrogens with zero attached hydrogens (tertiary/aromatic N) is 1. The molecule has 0 amide bonds. The number of hydrogen-bond donors (Lipinski definition) is 1. The summed E-state index contributed by atoms with van der Waals surface area (Å²) in [5.41, 5.74) is 1.90. The topological polar surface area (TPSA) is 42.4 Å². The molecule has 0 unspecified atom stereocenters. The highest BCUT2D eigenvalue weighted by Crippen LogP contribution is 2.30. The van der Waals surface area contributed by atoms with E-state index in [1.54, 1.807) is 6.20 Å². The van der Waals surface area contributed by atoms with Crippen molar-refractivity contribution in [3.8, 4) is 11.5 Å². The first-order valence-electron chi connectivity index (χ1n) is 6.59. The third-order valence-electron chi connectivity index (χ3n) is 3.18. The summed E-state index contributed by atoms with van der Waals surface area (Å²) in [6, 6.07) is 17.5. The monoisotopic (exact) mass is 265 g/mol. The predicted octanol–water partition coefficient (Wildman–Crippen LogP) is 3.56. The predicted molar refractivity (Wildman–Crippen MR) is 79.0 cm³/mol. The Hall–Kier alpha value is -2.39. The second-order valence-electron chi connectivity index (χ2n) is 4.51. The lowest BCUT2D eigenvalue weighted by atomic mass is 10.1. The highest BCUT2D eigenvalue weighted by Gasteiger charge is 2.07. The lowest BCUT2D eigenvalue weighted by Crippen LogP contribution is -1.95. The zero-order valence-corrected chi connectivity index (χ0v) is 11.0. The molecule has 1 heterocycles. The molecule has 0 atom stereocenters. The molecule has 0 aliphatic rings. The number of fused-ring (bicyclic) bond motifs is 1. The number of ether oxygens (including phenoxy) is 1. The Morgan fingerprint density at radius 2 is 1.70 bits per heavy atom. The van der Waals surface area contributed by atoms with Crippen LogP contribution in [0.2, 0.25) is 0 Å². The number of aliphatic hydroxyl groups excluding tert-OH is 1.